The molecule has 2 aromatic rings. The van der Waals surface area contributed by atoms with Crippen LogP contribution in [0, 0.1) is 0 Å². The number of aliphatic hydroxyl groups is 1. The van der Waals surface area contributed by atoms with Crippen LogP contribution in [-0.4, -0.2) is 46.9 Å². The summed E-state index contributed by atoms with van der Waals surface area (Å²) >= 11 is 0. The molecule has 0 saturated heterocycles. The van der Waals surface area contributed by atoms with E-state index >= 15 is 0 Å². The molecule has 24 heavy (non-hydrogen) atoms. The van der Waals surface area contributed by atoms with Gasteiger partial charge in [0.2, 0.25) is 5.78 Å². The molecule has 0 unspecified atom stereocenters. The van der Waals surface area contributed by atoms with Crippen LogP contribution in [0.25, 0.3) is 0 Å². The number of methoxy groups -OCH3 is 1. The predicted molar refractivity (Wildman–Crippen MR) is 83.3 cm³/mol. The number of hydrogen-bond donors (Lipinski definition) is 1. The molecular formula is C17H16N2O5. The van der Waals surface area contributed by atoms with Crippen molar-refractivity contribution in [3.63, 3.8) is 0 Å². The van der Waals surface area contributed by atoms with Crippen LogP contribution in [0.5, 0.6) is 0 Å². The van der Waals surface area contributed by atoms with Gasteiger partial charge in [0.05, 0.1) is 24.1 Å². The van der Waals surface area contributed by atoms with Crippen molar-refractivity contribution < 1.29 is 23.8 Å². The normalized spacial score (nSPS) is 17.6. The molecule has 7 nitrogen and oxygen atoms in total. The number of pyridine rings is 1. The molecule has 1 aliphatic rings. The molecule has 1 aliphatic heterocycles. The summed E-state index contributed by atoms with van der Waals surface area (Å²) in [7, 11) is 1.51. The molecule has 0 spiro atoms. The molecule has 0 bridgehead atoms. The lowest BCUT2D eigenvalue weighted by molar-refractivity contribution is -0.130. The molecular weight excluding hydrogens is 312 g/mol. The van der Waals surface area contributed by atoms with Gasteiger partial charge in [0.25, 0.3) is 5.91 Å². The zero-order valence-electron chi connectivity index (χ0n) is 13.0. The van der Waals surface area contributed by atoms with E-state index in [-0.39, 0.29) is 24.5 Å². The Morgan fingerprint density at radius 3 is 2.83 bits per heavy atom. The zero-order chi connectivity index (χ0) is 17.1. The summed E-state index contributed by atoms with van der Waals surface area (Å²) in [6.45, 7) is 0.486. The van der Waals surface area contributed by atoms with E-state index in [1.54, 1.807) is 30.5 Å². The monoisotopic (exact) mass is 328 g/mol. The number of rotatable bonds is 6. The van der Waals surface area contributed by atoms with Crippen LogP contribution in [0.3, 0.4) is 0 Å². The van der Waals surface area contributed by atoms with Crippen LogP contribution < -0.4 is 0 Å². The Balaban J connectivity index is 2.06. The Hall–Kier alpha value is -2.93. The number of carbonyl (C=O) groups excluding carboxylic acids is 2. The summed E-state index contributed by atoms with van der Waals surface area (Å²) in [5.41, 5.74) is 0.450. The quantitative estimate of drug-likeness (QED) is 0.814. The Kier molecular flexibility index (Phi) is 4.43. The van der Waals surface area contributed by atoms with E-state index in [0.29, 0.717) is 5.69 Å². The SMILES string of the molecule is COCCN1C(=O)C(O)=C(C(=O)c2ccco2)[C@H]1c1ccccn1. The van der Waals surface area contributed by atoms with Crippen LogP contribution in [-0.2, 0) is 9.53 Å². The Labute approximate surface area is 138 Å². The van der Waals surface area contributed by atoms with Gasteiger partial charge in [-0.1, -0.05) is 6.07 Å². The highest BCUT2D eigenvalue weighted by Gasteiger charge is 2.44. The number of Topliss-reactive ketones (excluding diaryl/α,β-unsaturated/α-hetero) is 1. The van der Waals surface area contributed by atoms with Gasteiger partial charge < -0.3 is 19.2 Å². The zero-order valence-corrected chi connectivity index (χ0v) is 13.0. The fourth-order valence-electron chi connectivity index (χ4n) is 2.69. The van der Waals surface area contributed by atoms with Gasteiger partial charge in [-0.25, -0.2) is 0 Å². The Morgan fingerprint density at radius 2 is 2.21 bits per heavy atom. The first-order valence-electron chi connectivity index (χ1n) is 7.37. The van der Waals surface area contributed by atoms with Gasteiger partial charge in [0, 0.05) is 19.9 Å². The van der Waals surface area contributed by atoms with Crippen molar-refractivity contribution in [3.8, 4) is 0 Å². The van der Waals surface area contributed by atoms with Gasteiger partial charge in [-0.2, -0.15) is 0 Å². The summed E-state index contributed by atoms with van der Waals surface area (Å²) in [5.74, 6) is -1.69. The maximum Gasteiger partial charge on any atom is 0.290 e. The minimum absolute atomic E-state index is 0.0373. The van der Waals surface area contributed by atoms with Crippen molar-refractivity contribution in [1.29, 1.82) is 0 Å². The number of furan rings is 1. The number of ketones is 1. The maximum atomic E-state index is 12.7. The number of aromatic nitrogens is 1. The minimum Gasteiger partial charge on any atom is -0.503 e. The molecule has 1 N–H and O–H groups in total. The van der Waals surface area contributed by atoms with Crippen molar-refractivity contribution in [3.05, 3.63) is 65.6 Å². The second-order valence-corrected chi connectivity index (χ2v) is 5.22. The van der Waals surface area contributed by atoms with Gasteiger partial charge in [-0.15, -0.1) is 0 Å². The maximum absolute atomic E-state index is 12.7. The molecule has 0 saturated carbocycles. The second-order valence-electron chi connectivity index (χ2n) is 5.22. The molecule has 124 valence electrons. The standard InChI is InChI=1S/C17H16N2O5/c1-23-10-8-19-14(11-5-2-3-7-18-11)13(16(21)17(19)22)15(20)12-6-4-9-24-12/h2-7,9,14,21H,8,10H2,1H3/t14-/m1/s1. The third-order valence-corrected chi connectivity index (χ3v) is 3.80. The van der Waals surface area contributed by atoms with E-state index in [2.05, 4.69) is 4.98 Å². The predicted octanol–water partition coefficient (Wildman–Crippen LogP) is 1.90. The molecule has 0 fully saturated rings. The van der Waals surface area contributed by atoms with Gasteiger partial charge in [-0.3, -0.25) is 14.6 Å². The summed E-state index contributed by atoms with van der Waals surface area (Å²) < 4.78 is 10.1. The third kappa shape index (κ3) is 2.69. The van der Waals surface area contributed by atoms with Crippen molar-refractivity contribution in [2.75, 3.05) is 20.3 Å². The largest absolute Gasteiger partial charge is 0.503 e. The lowest BCUT2D eigenvalue weighted by Crippen LogP contribution is -2.34. The smallest absolute Gasteiger partial charge is 0.290 e. The number of amides is 1. The van der Waals surface area contributed by atoms with E-state index in [1.807, 2.05) is 0 Å². The first-order valence-corrected chi connectivity index (χ1v) is 7.37. The first kappa shape index (κ1) is 15.9. The highest BCUT2D eigenvalue weighted by atomic mass is 16.5. The van der Waals surface area contributed by atoms with E-state index in [4.69, 9.17) is 9.15 Å². The Morgan fingerprint density at radius 1 is 1.38 bits per heavy atom. The molecule has 3 rings (SSSR count). The van der Waals surface area contributed by atoms with Gasteiger partial charge in [0.1, 0.15) is 6.04 Å². The highest BCUT2D eigenvalue weighted by molar-refractivity contribution is 6.14. The number of nitrogens with zero attached hydrogens (tertiary/aromatic N) is 2. The summed E-state index contributed by atoms with van der Waals surface area (Å²) in [4.78, 5) is 30.8. The van der Waals surface area contributed by atoms with Crippen molar-refractivity contribution >= 4 is 11.7 Å². The first-order chi connectivity index (χ1) is 11.6. The van der Waals surface area contributed by atoms with Crippen LogP contribution in [0.1, 0.15) is 22.3 Å². The number of carbonyl (C=O) groups is 2. The highest BCUT2D eigenvalue weighted by Crippen LogP contribution is 2.37. The molecule has 7 heteroatoms. The van der Waals surface area contributed by atoms with Crippen LogP contribution in [0.4, 0.5) is 0 Å². The average molecular weight is 328 g/mol. The number of hydrogen-bond acceptors (Lipinski definition) is 6. The van der Waals surface area contributed by atoms with E-state index in [1.165, 1.54) is 24.3 Å². The van der Waals surface area contributed by atoms with Gasteiger partial charge in [0.15, 0.2) is 11.5 Å². The average Bonchev–Trinajstić information content (AvgIpc) is 3.22. The second kappa shape index (κ2) is 6.67. The summed E-state index contributed by atoms with van der Waals surface area (Å²) in [6, 6.07) is 7.46. The fourth-order valence-corrected chi connectivity index (χ4v) is 2.69. The molecule has 3 heterocycles. The topological polar surface area (TPSA) is 92.9 Å². The number of aliphatic hydroxyl groups excluding tert-OH is 1. The molecule has 0 radical (unpaired) electrons. The van der Waals surface area contributed by atoms with Gasteiger partial charge >= 0.3 is 0 Å². The van der Waals surface area contributed by atoms with Crippen LogP contribution in [0.15, 0.2) is 58.5 Å². The van der Waals surface area contributed by atoms with E-state index in [9.17, 15) is 14.7 Å². The van der Waals surface area contributed by atoms with E-state index < -0.39 is 23.5 Å². The van der Waals surface area contributed by atoms with Crippen molar-refractivity contribution in [1.82, 2.24) is 9.88 Å². The lowest BCUT2D eigenvalue weighted by Gasteiger charge is -2.25. The van der Waals surface area contributed by atoms with Crippen molar-refractivity contribution in [2.45, 2.75) is 6.04 Å². The fraction of sp³-hybridized carbons (Fsp3) is 0.235. The van der Waals surface area contributed by atoms with Crippen LogP contribution in [0.2, 0.25) is 0 Å². The van der Waals surface area contributed by atoms with Crippen molar-refractivity contribution in [2.24, 2.45) is 0 Å². The van der Waals surface area contributed by atoms with Gasteiger partial charge in [-0.05, 0) is 24.3 Å². The van der Waals surface area contributed by atoms with Crippen LogP contribution >= 0.6 is 0 Å². The molecule has 0 aromatic carbocycles. The lowest BCUT2D eigenvalue weighted by atomic mass is 9.98. The summed E-state index contributed by atoms with van der Waals surface area (Å²) in [6.07, 6.45) is 2.93. The minimum atomic E-state index is -0.786. The molecule has 2 aromatic heterocycles. The Bertz CT molecular complexity index is 768. The molecule has 0 aliphatic carbocycles. The van der Waals surface area contributed by atoms with E-state index in [0.717, 1.165) is 0 Å². The molecule has 1 amide bonds. The molecule has 1 atom stereocenters. The third-order valence-electron chi connectivity index (χ3n) is 3.80. The summed E-state index contributed by atoms with van der Waals surface area (Å²) in [5, 5.41) is 10.3. The number of ether oxygens (including phenoxy) is 1.